The van der Waals surface area contributed by atoms with Crippen LogP contribution in [0.2, 0.25) is 5.02 Å². The number of phenolic OH excluding ortho intramolecular Hbond substituents is 1. The number of carbonyl (C=O) groups excluding carboxylic acids is 1. The zero-order valence-electron chi connectivity index (χ0n) is 10.7. The summed E-state index contributed by atoms with van der Waals surface area (Å²) in [6.45, 7) is 1.69. The Labute approximate surface area is 121 Å². The summed E-state index contributed by atoms with van der Waals surface area (Å²) < 4.78 is 13.6. The van der Waals surface area contributed by atoms with E-state index in [-0.39, 0.29) is 22.5 Å². The molecule has 2 N–H and O–H groups in total. The van der Waals surface area contributed by atoms with E-state index in [0.717, 1.165) is 0 Å². The van der Waals surface area contributed by atoms with Crippen molar-refractivity contribution in [1.82, 2.24) is 5.32 Å². The molecule has 0 aliphatic rings. The molecule has 2 rings (SSSR count). The van der Waals surface area contributed by atoms with Gasteiger partial charge < -0.3 is 10.4 Å². The van der Waals surface area contributed by atoms with Crippen molar-refractivity contribution in [1.29, 1.82) is 0 Å². The minimum Gasteiger partial charge on any atom is -0.506 e. The first-order valence-electron chi connectivity index (χ1n) is 6.03. The summed E-state index contributed by atoms with van der Waals surface area (Å²) in [5.74, 6) is -0.850. The van der Waals surface area contributed by atoms with E-state index in [4.69, 9.17) is 11.6 Å². The van der Waals surface area contributed by atoms with Crippen LogP contribution in [0.4, 0.5) is 4.39 Å². The molecular weight excluding hydrogens is 281 g/mol. The quantitative estimate of drug-likeness (QED) is 0.907. The molecule has 2 aromatic carbocycles. The summed E-state index contributed by atoms with van der Waals surface area (Å²) in [6, 6.07) is 9.93. The van der Waals surface area contributed by atoms with E-state index < -0.39 is 6.04 Å². The van der Waals surface area contributed by atoms with Crippen molar-refractivity contribution < 1.29 is 14.3 Å². The molecule has 0 aliphatic carbocycles. The number of rotatable bonds is 3. The highest BCUT2D eigenvalue weighted by atomic mass is 35.5. The summed E-state index contributed by atoms with van der Waals surface area (Å²) >= 11 is 5.75. The molecule has 1 atom stereocenters. The Bertz CT molecular complexity index is 646. The van der Waals surface area contributed by atoms with Crippen LogP contribution >= 0.6 is 11.6 Å². The minimum absolute atomic E-state index is 0.0923. The first kappa shape index (κ1) is 14.3. The maximum absolute atomic E-state index is 13.6. The second-order valence-electron chi connectivity index (χ2n) is 4.38. The number of hydrogen-bond donors (Lipinski definition) is 2. The third kappa shape index (κ3) is 3.08. The van der Waals surface area contributed by atoms with Gasteiger partial charge in [0.05, 0.1) is 11.1 Å². The molecule has 0 spiro atoms. The maximum atomic E-state index is 13.6. The Morgan fingerprint density at radius 1 is 1.30 bits per heavy atom. The molecule has 20 heavy (non-hydrogen) atoms. The van der Waals surface area contributed by atoms with Crippen molar-refractivity contribution in [3.8, 4) is 5.75 Å². The van der Waals surface area contributed by atoms with Gasteiger partial charge in [-0.25, -0.2) is 4.39 Å². The highest BCUT2D eigenvalue weighted by molar-refractivity contribution is 6.32. The van der Waals surface area contributed by atoms with Crippen molar-refractivity contribution in [3.05, 3.63) is 64.4 Å². The van der Waals surface area contributed by atoms with Gasteiger partial charge in [-0.15, -0.1) is 0 Å². The van der Waals surface area contributed by atoms with Crippen LogP contribution in [0.1, 0.15) is 28.9 Å². The molecule has 3 nitrogen and oxygen atoms in total. The number of amides is 1. The Morgan fingerprint density at radius 2 is 2.00 bits per heavy atom. The van der Waals surface area contributed by atoms with Gasteiger partial charge in [0.1, 0.15) is 11.6 Å². The van der Waals surface area contributed by atoms with E-state index in [1.165, 1.54) is 24.3 Å². The number of nitrogens with one attached hydrogen (secondary N) is 1. The van der Waals surface area contributed by atoms with Crippen LogP contribution in [0.5, 0.6) is 5.75 Å². The van der Waals surface area contributed by atoms with Crippen LogP contribution in [-0.2, 0) is 0 Å². The molecule has 1 amide bonds. The smallest absolute Gasteiger partial charge is 0.251 e. The van der Waals surface area contributed by atoms with Crippen LogP contribution in [0.3, 0.4) is 0 Å². The molecule has 0 heterocycles. The average Bonchev–Trinajstić information content (AvgIpc) is 2.42. The van der Waals surface area contributed by atoms with Crippen LogP contribution < -0.4 is 5.32 Å². The van der Waals surface area contributed by atoms with Gasteiger partial charge in [0.15, 0.2) is 0 Å². The van der Waals surface area contributed by atoms with Gasteiger partial charge in [-0.1, -0.05) is 29.8 Å². The molecule has 0 aromatic heterocycles. The highest BCUT2D eigenvalue weighted by Gasteiger charge is 2.15. The fourth-order valence-electron chi connectivity index (χ4n) is 1.83. The lowest BCUT2D eigenvalue weighted by molar-refractivity contribution is 0.0939. The van der Waals surface area contributed by atoms with Gasteiger partial charge in [-0.05, 0) is 31.2 Å². The Hall–Kier alpha value is -2.07. The molecule has 0 fully saturated rings. The predicted octanol–water partition coefficient (Wildman–Crippen LogP) is 3.68. The van der Waals surface area contributed by atoms with Gasteiger partial charge in [0, 0.05) is 11.1 Å². The van der Waals surface area contributed by atoms with Crippen LogP contribution in [0.25, 0.3) is 0 Å². The number of aromatic hydroxyl groups is 1. The van der Waals surface area contributed by atoms with Gasteiger partial charge in [-0.3, -0.25) is 4.79 Å². The average molecular weight is 294 g/mol. The van der Waals surface area contributed by atoms with Crippen LogP contribution in [0, 0.1) is 5.82 Å². The molecule has 0 saturated carbocycles. The Balaban J connectivity index is 2.15. The summed E-state index contributed by atoms with van der Waals surface area (Å²) in [5, 5.41) is 12.1. The lowest BCUT2D eigenvalue weighted by atomic mass is 10.1. The predicted molar refractivity (Wildman–Crippen MR) is 75.4 cm³/mol. The highest BCUT2D eigenvalue weighted by Crippen LogP contribution is 2.24. The standard InChI is InChI=1S/C15H13ClFNO2/c1-9(11-4-2-3-5-13(11)17)18-15(20)10-6-7-14(19)12(16)8-10/h2-9,19H,1H3,(H,18,20). The first-order chi connectivity index (χ1) is 9.49. The normalized spacial score (nSPS) is 11.9. The van der Waals surface area contributed by atoms with Crippen LogP contribution in [-0.4, -0.2) is 11.0 Å². The number of carbonyl (C=O) groups is 1. The second-order valence-corrected chi connectivity index (χ2v) is 4.79. The molecule has 0 saturated heterocycles. The molecule has 2 aromatic rings. The summed E-state index contributed by atoms with van der Waals surface area (Å²) in [5.41, 5.74) is 0.710. The molecular formula is C15H13ClFNO2. The van der Waals surface area contributed by atoms with Crippen LogP contribution in [0.15, 0.2) is 42.5 Å². The topological polar surface area (TPSA) is 49.3 Å². The van der Waals surface area contributed by atoms with Gasteiger partial charge in [0.25, 0.3) is 5.91 Å². The summed E-state index contributed by atoms with van der Waals surface area (Å²) in [4.78, 5) is 12.0. The second kappa shape index (κ2) is 5.92. The number of benzene rings is 2. The fourth-order valence-corrected chi connectivity index (χ4v) is 2.01. The fraction of sp³-hybridized carbons (Fsp3) is 0.133. The van der Waals surface area contributed by atoms with Gasteiger partial charge >= 0.3 is 0 Å². The third-order valence-electron chi connectivity index (χ3n) is 2.93. The van der Waals surface area contributed by atoms with Crippen molar-refractivity contribution in [2.45, 2.75) is 13.0 Å². The first-order valence-corrected chi connectivity index (χ1v) is 6.40. The van der Waals surface area contributed by atoms with E-state index in [1.54, 1.807) is 25.1 Å². The maximum Gasteiger partial charge on any atom is 0.251 e. The SMILES string of the molecule is CC(NC(=O)c1ccc(O)c(Cl)c1)c1ccccc1F. The van der Waals surface area contributed by atoms with E-state index in [1.807, 2.05) is 0 Å². The third-order valence-corrected chi connectivity index (χ3v) is 3.23. The molecule has 0 aliphatic heterocycles. The lowest BCUT2D eigenvalue weighted by Crippen LogP contribution is -2.27. The van der Waals surface area contributed by atoms with Crippen molar-refractivity contribution in [2.24, 2.45) is 0 Å². The van der Waals surface area contributed by atoms with Crippen molar-refractivity contribution in [3.63, 3.8) is 0 Å². The van der Waals surface area contributed by atoms with E-state index >= 15 is 0 Å². The zero-order valence-corrected chi connectivity index (χ0v) is 11.5. The Morgan fingerprint density at radius 3 is 2.65 bits per heavy atom. The van der Waals surface area contributed by atoms with Gasteiger partial charge in [-0.2, -0.15) is 0 Å². The van der Waals surface area contributed by atoms with Crippen molar-refractivity contribution >= 4 is 17.5 Å². The molecule has 104 valence electrons. The molecule has 0 radical (unpaired) electrons. The van der Waals surface area contributed by atoms with E-state index in [0.29, 0.717) is 11.1 Å². The number of phenols is 1. The largest absolute Gasteiger partial charge is 0.506 e. The van der Waals surface area contributed by atoms with Gasteiger partial charge in [0.2, 0.25) is 0 Å². The van der Waals surface area contributed by atoms with E-state index in [2.05, 4.69) is 5.32 Å². The monoisotopic (exact) mass is 293 g/mol. The van der Waals surface area contributed by atoms with E-state index in [9.17, 15) is 14.3 Å². The number of hydrogen-bond acceptors (Lipinski definition) is 2. The summed E-state index contributed by atoms with van der Waals surface area (Å²) in [7, 11) is 0. The molecule has 0 bridgehead atoms. The summed E-state index contributed by atoms with van der Waals surface area (Å²) in [6.07, 6.45) is 0. The molecule has 5 heteroatoms. The molecule has 1 unspecified atom stereocenters. The lowest BCUT2D eigenvalue weighted by Gasteiger charge is -2.15. The minimum atomic E-state index is -0.476. The Kier molecular flexibility index (Phi) is 4.25. The zero-order chi connectivity index (χ0) is 14.7. The van der Waals surface area contributed by atoms with Crippen molar-refractivity contribution in [2.75, 3.05) is 0 Å². The number of halogens is 2.